The van der Waals surface area contributed by atoms with E-state index in [0.29, 0.717) is 5.82 Å². The van der Waals surface area contributed by atoms with Crippen molar-refractivity contribution in [3.8, 4) is 0 Å². The summed E-state index contributed by atoms with van der Waals surface area (Å²) >= 11 is 0. The molecule has 0 saturated heterocycles. The summed E-state index contributed by atoms with van der Waals surface area (Å²) in [6.45, 7) is 0.736. The first-order chi connectivity index (χ1) is 6.34. The summed E-state index contributed by atoms with van der Waals surface area (Å²) < 4.78 is 1.84. The molecule has 4 nitrogen and oxygen atoms in total. The molecule has 0 unspecified atom stereocenters. The number of pyridine rings is 1. The predicted octanol–water partition coefficient (Wildman–Crippen LogP) is 0.909. The van der Waals surface area contributed by atoms with Gasteiger partial charge in [-0.25, -0.2) is 4.98 Å². The van der Waals surface area contributed by atoms with Gasteiger partial charge in [0.05, 0.1) is 6.54 Å². The fraction of sp³-hybridized carbons (Fsp3) is 0.111. The minimum atomic E-state index is 0.546. The van der Waals surface area contributed by atoms with Crippen LogP contribution in [0.5, 0.6) is 0 Å². The lowest BCUT2D eigenvalue weighted by Crippen LogP contribution is -2.01. The van der Waals surface area contributed by atoms with Gasteiger partial charge >= 0.3 is 0 Å². The number of nitrogens with two attached hydrogens (primary N) is 1. The van der Waals surface area contributed by atoms with Gasteiger partial charge in [-0.3, -0.25) is 4.68 Å². The van der Waals surface area contributed by atoms with Crippen LogP contribution < -0.4 is 5.73 Å². The summed E-state index contributed by atoms with van der Waals surface area (Å²) in [7, 11) is 0. The van der Waals surface area contributed by atoms with Crippen LogP contribution in [0.15, 0.2) is 36.8 Å². The third-order valence-corrected chi connectivity index (χ3v) is 1.75. The van der Waals surface area contributed by atoms with Crippen LogP contribution in [-0.4, -0.2) is 14.8 Å². The molecule has 0 aliphatic rings. The van der Waals surface area contributed by atoms with Gasteiger partial charge in [0.1, 0.15) is 5.82 Å². The summed E-state index contributed by atoms with van der Waals surface area (Å²) in [4.78, 5) is 3.92. The lowest BCUT2D eigenvalue weighted by atomic mass is 10.2. The number of anilines is 1. The Morgan fingerprint density at radius 1 is 1.38 bits per heavy atom. The van der Waals surface area contributed by atoms with Crippen LogP contribution in [0.3, 0.4) is 0 Å². The average molecular weight is 174 g/mol. The fourth-order valence-electron chi connectivity index (χ4n) is 1.17. The van der Waals surface area contributed by atoms with E-state index in [9.17, 15) is 0 Å². The molecular weight excluding hydrogens is 164 g/mol. The Balaban J connectivity index is 2.19. The largest absolute Gasteiger partial charge is 0.384 e. The Kier molecular flexibility index (Phi) is 1.96. The number of hydrogen-bond donors (Lipinski definition) is 1. The van der Waals surface area contributed by atoms with Crippen LogP contribution in [0.2, 0.25) is 0 Å². The summed E-state index contributed by atoms with van der Waals surface area (Å²) in [6.07, 6.45) is 5.37. The first kappa shape index (κ1) is 7.79. The lowest BCUT2D eigenvalue weighted by molar-refractivity contribution is 0.686. The van der Waals surface area contributed by atoms with E-state index in [0.717, 1.165) is 12.1 Å². The van der Waals surface area contributed by atoms with E-state index in [1.54, 1.807) is 12.4 Å². The maximum atomic E-state index is 5.55. The van der Waals surface area contributed by atoms with Crippen molar-refractivity contribution in [2.24, 2.45) is 0 Å². The Labute approximate surface area is 76.0 Å². The highest BCUT2D eigenvalue weighted by Crippen LogP contribution is 2.04. The van der Waals surface area contributed by atoms with Gasteiger partial charge in [-0.2, -0.15) is 5.10 Å². The highest BCUT2D eigenvalue weighted by molar-refractivity contribution is 5.31. The minimum Gasteiger partial charge on any atom is -0.384 e. The second-order valence-electron chi connectivity index (χ2n) is 2.79. The zero-order valence-electron chi connectivity index (χ0n) is 7.09. The molecule has 0 amide bonds. The molecule has 66 valence electrons. The number of aromatic nitrogens is 3. The lowest BCUT2D eigenvalue weighted by Gasteiger charge is -2.01. The molecule has 2 heterocycles. The van der Waals surface area contributed by atoms with Crippen molar-refractivity contribution in [2.45, 2.75) is 6.54 Å². The zero-order valence-corrected chi connectivity index (χ0v) is 7.09. The molecule has 0 aliphatic heterocycles. The van der Waals surface area contributed by atoms with Gasteiger partial charge < -0.3 is 5.73 Å². The molecule has 4 heteroatoms. The molecule has 0 aliphatic carbocycles. The minimum absolute atomic E-state index is 0.546. The summed E-state index contributed by atoms with van der Waals surface area (Å²) in [6, 6.07) is 5.67. The number of nitrogen functional groups attached to an aromatic ring is 1. The Morgan fingerprint density at radius 2 is 2.31 bits per heavy atom. The highest BCUT2D eigenvalue weighted by Gasteiger charge is 1.95. The quantitative estimate of drug-likeness (QED) is 0.736. The Morgan fingerprint density at radius 3 is 3.00 bits per heavy atom. The topological polar surface area (TPSA) is 56.7 Å². The summed E-state index contributed by atoms with van der Waals surface area (Å²) in [5.41, 5.74) is 6.65. The van der Waals surface area contributed by atoms with Crippen molar-refractivity contribution in [3.05, 3.63) is 42.4 Å². The van der Waals surface area contributed by atoms with Crippen molar-refractivity contribution in [2.75, 3.05) is 5.73 Å². The van der Waals surface area contributed by atoms with Crippen LogP contribution in [0.1, 0.15) is 5.56 Å². The predicted molar refractivity (Wildman–Crippen MR) is 50.0 cm³/mol. The van der Waals surface area contributed by atoms with Crippen molar-refractivity contribution in [1.29, 1.82) is 0 Å². The number of nitrogens with zero attached hydrogens (tertiary/aromatic N) is 3. The maximum absolute atomic E-state index is 5.55. The molecular formula is C9H10N4. The first-order valence-electron chi connectivity index (χ1n) is 4.02. The molecule has 0 radical (unpaired) electrons. The fourth-order valence-corrected chi connectivity index (χ4v) is 1.17. The van der Waals surface area contributed by atoms with Gasteiger partial charge in [0.15, 0.2) is 0 Å². The zero-order chi connectivity index (χ0) is 9.10. The average Bonchev–Trinajstić information content (AvgIpc) is 2.57. The van der Waals surface area contributed by atoms with Crippen LogP contribution in [0.25, 0.3) is 0 Å². The second-order valence-corrected chi connectivity index (χ2v) is 2.79. The maximum Gasteiger partial charge on any atom is 0.123 e. The van der Waals surface area contributed by atoms with Gasteiger partial charge in [0, 0.05) is 18.6 Å². The third kappa shape index (κ3) is 1.84. The molecule has 13 heavy (non-hydrogen) atoms. The van der Waals surface area contributed by atoms with Crippen LogP contribution in [-0.2, 0) is 6.54 Å². The highest BCUT2D eigenvalue weighted by atomic mass is 15.3. The van der Waals surface area contributed by atoms with Crippen molar-refractivity contribution in [1.82, 2.24) is 14.8 Å². The normalized spacial score (nSPS) is 10.2. The monoisotopic (exact) mass is 174 g/mol. The standard InChI is InChI=1S/C9H10N4/c10-9-6-8(2-4-11-9)7-13-5-1-3-12-13/h1-6H,7H2,(H2,10,11). The van der Waals surface area contributed by atoms with E-state index in [1.807, 2.05) is 29.1 Å². The Bertz CT molecular complexity index is 380. The molecule has 0 fully saturated rings. The molecule has 2 N–H and O–H groups in total. The van der Waals surface area contributed by atoms with E-state index in [4.69, 9.17) is 5.73 Å². The van der Waals surface area contributed by atoms with Crippen molar-refractivity contribution in [3.63, 3.8) is 0 Å². The number of rotatable bonds is 2. The SMILES string of the molecule is Nc1cc(Cn2cccn2)ccn1. The van der Waals surface area contributed by atoms with Crippen molar-refractivity contribution < 1.29 is 0 Å². The van der Waals surface area contributed by atoms with Gasteiger partial charge in [-0.1, -0.05) is 0 Å². The van der Waals surface area contributed by atoms with Crippen LogP contribution in [0.4, 0.5) is 5.82 Å². The van der Waals surface area contributed by atoms with E-state index in [1.165, 1.54) is 0 Å². The van der Waals surface area contributed by atoms with Gasteiger partial charge in [-0.05, 0) is 23.8 Å². The molecule has 0 aromatic carbocycles. The summed E-state index contributed by atoms with van der Waals surface area (Å²) in [5, 5.41) is 4.10. The first-order valence-corrected chi connectivity index (χ1v) is 4.02. The van der Waals surface area contributed by atoms with E-state index in [-0.39, 0.29) is 0 Å². The van der Waals surface area contributed by atoms with E-state index in [2.05, 4.69) is 10.1 Å². The van der Waals surface area contributed by atoms with E-state index < -0.39 is 0 Å². The van der Waals surface area contributed by atoms with Gasteiger partial charge in [0.25, 0.3) is 0 Å². The van der Waals surface area contributed by atoms with E-state index >= 15 is 0 Å². The molecule has 0 spiro atoms. The van der Waals surface area contributed by atoms with Gasteiger partial charge in [-0.15, -0.1) is 0 Å². The molecule has 0 atom stereocenters. The molecule has 0 bridgehead atoms. The van der Waals surface area contributed by atoms with Crippen LogP contribution in [0, 0.1) is 0 Å². The van der Waals surface area contributed by atoms with Crippen molar-refractivity contribution >= 4 is 5.82 Å². The van der Waals surface area contributed by atoms with Crippen LogP contribution >= 0.6 is 0 Å². The molecule has 2 aromatic heterocycles. The number of hydrogen-bond acceptors (Lipinski definition) is 3. The second kappa shape index (κ2) is 3.26. The molecule has 2 aromatic rings. The summed E-state index contributed by atoms with van der Waals surface area (Å²) in [5.74, 6) is 0.546. The Hall–Kier alpha value is -1.84. The molecule has 2 rings (SSSR count). The smallest absolute Gasteiger partial charge is 0.123 e. The molecule has 0 saturated carbocycles. The van der Waals surface area contributed by atoms with Gasteiger partial charge in [0.2, 0.25) is 0 Å². The third-order valence-electron chi connectivity index (χ3n) is 1.75.